The van der Waals surface area contributed by atoms with Crippen molar-refractivity contribution < 1.29 is 0 Å². The number of rotatable bonds is 4. The predicted molar refractivity (Wildman–Crippen MR) is 43.8 cm³/mol. The van der Waals surface area contributed by atoms with Crippen LogP contribution in [0.3, 0.4) is 0 Å². The topological polar surface area (TPSA) is 0 Å². The maximum absolute atomic E-state index is 5.49. The van der Waals surface area contributed by atoms with Gasteiger partial charge in [-0.1, -0.05) is 36.4 Å². The average molecular weight is 165 g/mol. The zero-order valence-corrected chi connectivity index (χ0v) is 6.80. The predicted octanol–water partition coefficient (Wildman–Crippen LogP) is 3.66. The molecule has 0 spiro atoms. The Morgan fingerprint density at radius 1 is 1.00 bits per heavy atom. The fraction of sp³-hybridized carbons (Fsp3) is 0.429. The molecule has 0 aliphatic rings. The summed E-state index contributed by atoms with van der Waals surface area (Å²) >= 11 is 11.0. The van der Waals surface area contributed by atoms with E-state index in [-0.39, 0.29) is 0 Å². The lowest BCUT2D eigenvalue weighted by Crippen LogP contribution is -1.74. The number of hydrogen-bond donors (Lipinski definition) is 0. The Bertz CT molecular complexity index is 102. The Hall–Kier alpha value is 0.0600. The third-order valence-electron chi connectivity index (χ3n) is 0.896. The van der Waals surface area contributed by atoms with Crippen LogP contribution in [0, 0.1) is 0 Å². The second-order valence-electron chi connectivity index (χ2n) is 1.89. The third kappa shape index (κ3) is 8.06. The zero-order valence-electron chi connectivity index (χ0n) is 5.29. The molecule has 0 fully saturated rings. The quantitative estimate of drug-likeness (QED) is 0.596. The summed E-state index contributed by atoms with van der Waals surface area (Å²) < 4.78 is 0. The van der Waals surface area contributed by atoms with Crippen molar-refractivity contribution >= 4 is 23.2 Å². The zero-order chi connectivity index (χ0) is 7.28. The molecule has 9 heavy (non-hydrogen) atoms. The number of hydrogen-bond acceptors (Lipinski definition) is 0. The van der Waals surface area contributed by atoms with Gasteiger partial charge in [-0.2, -0.15) is 0 Å². The van der Waals surface area contributed by atoms with E-state index in [1.165, 1.54) is 0 Å². The van der Waals surface area contributed by atoms with E-state index in [1.54, 1.807) is 0 Å². The van der Waals surface area contributed by atoms with Gasteiger partial charge >= 0.3 is 0 Å². The lowest BCUT2D eigenvalue weighted by molar-refractivity contribution is 0.853. The van der Waals surface area contributed by atoms with Gasteiger partial charge in [0, 0.05) is 10.1 Å². The van der Waals surface area contributed by atoms with Gasteiger partial charge in [0.05, 0.1) is 0 Å². The van der Waals surface area contributed by atoms with Crippen LogP contribution in [0.5, 0.6) is 0 Å². The average Bonchev–Trinajstić information content (AvgIpc) is 1.63. The van der Waals surface area contributed by atoms with Crippen LogP contribution in [0.25, 0.3) is 0 Å². The summed E-state index contributed by atoms with van der Waals surface area (Å²) in [6.45, 7) is 7.09. The maximum Gasteiger partial charge on any atom is 0.0109 e. The van der Waals surface area contributed by atoms with E-state index in [4.69, 9.17) is 23.2 Å². The molecule has 0 amide bonds. The van der Waals surface area contributed by atoms with Gasteiger partial charge in [0.15, 0.2) is 0 Å². The Labute approximate surface area is 66.2 Å². The lowest BCUT2D eigenvalue weighted by Gasteiger charge is -1.94. The fourth-order valence-electron chi connectivity index (χ4n) is 0.472. The third-order valence-corrected chi connectivity index (χ3v) is 1.27. The van der Waals surface area contributed by atoms with Crippen molar-refractivity contribution in [2.45, 2.75) is 19.3 Å². The molecule has 0 aromatic heterocycles. The molecular formula is C7H10Cl2. The molecule has 52 valence electrons. The van der Waals surface area contributed by atoms with Gasteiger partial charge in [0.1, 0.15) is 0 Å². The van der Waals surface area contributed by atoms with E-state index in [9.17, 15) is 0 Å². The Balaban J connectivity index is 3.10. The molecule has 0 radical (unpaired) electrons. The largest absolute Gasteiger partial charge is 0.0898 e. The SMILES string of the molecule is C=C(Cl)CCCC(=C)Cl. The molecular weight excluding hydrogens is 155 g/mol. The van der Waals surface area contributed by atoms with Gasteiger partial charge in [0.2, 0.25) is 0 Å². The minimum absolute atomic E-state index is 0.688. The molecule has 0 heterocycles. The highest BCUT2D eigenvalue weighted by molar-refractivity contribution is 6.29. The molecule has 0 bridgehead atoms. The van der Waals surface area contributed by atoms with E-state index in [2.05, 4.69) is 13.2 Å². The first-order valence-corrected chi connectivity index (χ1v) is 3.55. The fourth-order valence-corrected chi connectivity index (χ4v) is 0.739. The van der Waals surface area contributed by atoms with Crippen LogP contribution in [-0.2, 0) is 0 Å². The lowest BCUT2D eigenvalue weighted by atomic mass is 10.2. The second kappa shape index (κ2) is 4.89. The van der Waals surface area contributed by atoms with E-state index < -0.39 is 0 Å². The molecule has 0 nitrogen and oxygen atoms in total. The van der Waals surface area contributed by atoms with Crippen LogP contribution in [0.15, 0.2) is 23.2 Å². The number of allylic oxidation sites excluding steroid dienone is 2. The van der Waals surface area contributed by atoms with Crippen molar-refractivity contribution in [1.82, 2.24) is 0 Å². The highest BCUT2D eigenvalue weighted by atomic mass is 35.5. The molecule has 2 heteroatoms. The molecule has 0 atom stereocenters. The van der Waals surface area contributed by atoms with E-state index in [0.29, 0.717) is 10.1 Å². The summed E-state index contributed by atoms with van der Waals surface area (Å²) in [5, 5.41) is 1.38. The van der Waals surface area contributed by atoms with Gasteiger partial charge in [-0.15, -0.1) is 0 Å². The summed E-state index contributed by atoms with van der Waals surface area (Å²) in [4.78, 5) is 0. The van der Waals surface area contributed by atoms with Crippen molar-refractivity contribution in [3.05, 3.63) is 23.2 Å². The van der Waals surface area contributed by atoms with Crippen molar-refractivity contribution in [3.63, 3.8) is 0 Å². The first-order valence-electron chi connectivity index (χ1n) is 2.79. The van der Waals surface area contributed by atoms with Crippen LogP contribution in [0.2, 0.25) is 0 Å². The molecule has 0 aromatic carbocycles. The van der Waals surface area contributed by atoms with Crippen molar-refractivity contribution in [2.24, 2.45) is 0 Å². The van der Waals surface area contributed by atoms with Crippen molar-refractivity contribution in [2.75, 3.05) is 0 Å². The molecule has 0 saturated carbocycles. The summed E-state index contributed by atoms with van der Waals surface area (Å²) in [6.07, 6.45) is 2.60. The van der Waals surface area contributed by atoms with Crippen LogP contribution in [0.4, 0.5) is 0 Å². The molecule has 0 aromatic rings. The van der Waals surface area contributed by atoms with E-state index >= 15 is 0 Å². The van der Waals surface area contributed by atoms with E-state index in [1.807, 2.05) is 0 Å². The monoisotopic (exact) mass is 164 g/mol. The van der Waals surface area contributed by atoms with Crippen LogP contribution in [-0.4, -0.2) is 0 Å². The highest BCUT2D eigenvalue weighted by Gasteiger charge is 1.90. The minimum Gasteiger partial charge on any atom is -0.0898 e. The van der Waals surface area contributed by atoms with Gasteiger partial charge < -0.3 is 0 Å². The first-order chi connectivity index (χ1) is 4.13. The Kier molecular flexibility index (Phi) is 4.93. The Morgan fingerprint density at radius 3 is 1.56 bits per heavy atom. The normalized spacial score (nSPS) is 9.11. The second-order valence-corrected chi connectivity index (χ2v) is 2.96. The molecule has 0 rings (SSSR count). The van der Waals surface area contributed by atoms with Gasteiger partial charge in [-0.25, -0.2) is 0 Å². The summed E-state index contributed by atoms with van der Waals surface area (Å²) in [5.41, 5.74) is 0. The van der Waals surface area contributed by atoms with Gasteiger partial charge in [-0.3, -0.25) is 0 Å². The summed E-state index contributed by atoms with van der Waals surface area (Å²) in [5.74, 6) is 0. The molecule has 0 aliphatic heterocycles. The van der Waals surface area contributed by atoms with E-state index in [0.717, 1.165) is 19.3 Å². The molecule has 0 unspecified atom stereocenters. The summed E-state index contributed by atoms with van der Waals surface area (Å²) in [7, 11) is 0. The summed E-state index contributed by atoms with van der Waals surface area (Å²) in [6, 6.07) is 0. The van der Waals surface area contributed by atoms with Gasteiger partial charge in [-0.05, 0) is 19.3 Å². The van der Waals surface area contributed by atoms with Crippen LogP contribution >= 0.6 is 23.2 Å². The molecule has 0 N–H and O–H groups in total. The Morgan fingerprint density at radius 2 is 1.33 bits per heavy atom. The molecule has 0 saturated heterocycles. The van der Waals surface area contributed by atoms with Crippen LogP contribution < -0.4 is 0 Å². The van der Waals surface area contributed by atoms with Crippen molar-refractivity contribution in [3.8, 4) is 0 Å². The van der Waals surface area contributed by atoms with Crippen molar-refractivity contribution in [1.29, 1.82) is 0 Å². The maximum atomic E-state index is 5.49. The minimum atomic E-state index is 0.688. The van der Waals surface area contributed by atoms with Gasteiger partial charge in [0.25, 0.3) is 0 Å². The highest BCUT2D eigenvalue weighted by Crippen LogP contribution is 2.13. The first kappa shape index (κ1) is 9.06. The molecule has 0 aliphatic carbocycles. The van der Waals surface area contributed by atoms with Crippen LogP contribution in [0.1, 0.15) is 19.3 Å². The standard InChI is InChI=1S/C7H10Cl2/c1-6(8)4-3-5-7(2)9/h1-5H2. The number of halogens is 2. The smallest absolute Gasteiger partial charge is 0.0109 e.